The molecule has 1 aliphatic heterocycles. The molecule has 1 heteroatoms. The number of rotatable bonds is 5. The molecule has 1 saturated heterocycles. The molecule has 1 rings (SSSR count). The lowest BCUT2D eigenvalue weighted by atomic mass is 10.1. The van der Waals surface area contributed by atoms with Crippen molar-refractivity contribution >= 4 is 0 Å². The van der Waals surface area contributed by atoms with E-state index in [0.29, 0.717) is 0 Å². The molecular formula is C12H26N+. The molecule has 0 radical (unpaired) electrons. The molecule has 0 aromatic rings. The van der Waals surface area contributed by atoms with Crippen LogP contribution in [0.25, 0.3) is 0 Å². The summed E-state index contributed by atoms with van der Waals surface area (Å²) in [5, 5.41) is 0. The second-order valence-corrected chi connectivity index (χ2v) is 4.76. The Morgan fingerprint density at radius 3 is 2.08 bits per heavy atom. The van der Waals surface area contributed by atoms with Gasteiger partial charge in [0.2, 0.25) is 0 Å². The minimum atomic E-state index is 1.03. The summed E-state index contributed by atoms with van der Waals surface area (Å²) in [4.78, 5) is 0. The highest BCUT2D eigenvalue weighted by atomic mass is 15.4. The van der Waals surface area contributed by atoms with Gasteiger partial charge in [-0.2, -0.15) is 0 Å². The number of quaternary nitrogens is 1. The van der Waals surface area contributed by atoms with E-state index in [1.54, 1.807) is 0 Å². The van der Waals surface area contributed by atoms with Crippen molar-refractivity contribution in [3.63, 3.8) is 0 Å². The molecule has 0 N–H and O–H groups in total. The second-order valence-electron chi connectivity index (χ2n) is 4.76. The van der Waals surface area contributed by atoms with E-state index in [2.05, 4.69) is 20.8 Å². The Bertz CT molecular complexity index is 136. The lowest BCUT2D eigenvalue weighted by Gasteiger charge is -2.34. The summed E-state index contributed by atoms with van der Waals surface area (Å²) in [5.74, 6) is 1.03. The van der Waals surface area contributed by atoms with Crippen LogP contribution >= 0.6 is 0 Å². The van der Waals surface area contributed by atoms with E-state index in [1.165, 1.54) is 56.3 Å². The van der Waals surface area contributed by atoms with Crippen LogP contribution in [0.15, 0.2) is 0 Å². The molecule has 78 valence electrons. The zero-order valence-corrected chi connectivity index (χ0v) is 9.68. The summed E-state index contributed by atoms with van der Waals surface area (Å²) in [6.07, 6.45) is 5.59. The molecule has 0 aromatic heterocycles. The van der Waals surface area contributed by atoms with Gasteiger partial charge in [0.05, 0.1) is 26.2 Å². The van der Waals surface area contributed by atoms with E-state index in [9.17, 15) is 0 Å². The molecule has 1 heterocycles. The summed E-state index contributed by atoms with van der Waals surface area (Å²) in [6, 6.07) is 0. The minimum absolute atomic E-state index is 1.03. The van der Waals surface area contributed by atoms with Crippen LogP contribution in [0.4, 0.5) is 0 Å². The molecule has 0 aromatic carbocycles. The van der Waals surface area contributed by atoms with Gasteiger partial charge in [-0.05, 0) is 19.3 Å². The van der Waals surface area contributed by atoms with Crippen LogP contribution in [-0.2, 0) is 0 Å². The largest absolute Gasteiger partial charge is 0.323 e. The third kappa shape index (κ3) is 2.70. The van der Waals surface area contributed by atoms with Crippen molar-refractivity contribution < 1.29 is 4.48 Å². The number of hydrogen-bond acceptors (Lipinski definition) is 0. The van der Waals surface area contributed by atoms with E-state index in [4.69, 9.17) is 0 Å². The molecule has 0 amide bonds. The first-order valence-electron chi connectivity index (χ1n) is 6.11. The Balaban J connectivity index is 2.49. The van der Waals surface area contributed by atoms with Crippen molar-refractivity contribution in [2.24, 2.45) is 5.92 Å². The normalized spacial score (nSPS) is 26.5. The quantitative estimate of drug-likeness (QED) is 0.576. The molecule has 1 atom stereocenters. The molecule has 0 bridgehead atoms. The van der Waals surface area contributed by atoms with Gasteiger partial charge in [0, 0.05) is 12.3 Å². The van der Waals surface area contributed by atoms with Crippen LogP contribution in [0.5, 0.6) is 0 Å². The monoisotopic (exact) mass is 184 g/mol. The minimum Gasteiger partial charge on any atom is -0.323 e. The van der Waals surface area contributed by atoms with Crippen LogP contribution in [0.3, 0.4) is 0 Å². The smallest absolute Gasteiger partial charge is 0.0817 e. The van der Waals surface area contributed by atoms with Gasteiger partial charge in [-0.3, -0.25) is 0 Å². The standard InChI is InChI=1S/C12H26N/c1-4-8-13(9-5-2)10-7-12(6-3)11-13/h12H,4-11H2,1-3H3/q+1/t12-/m1/s1. The fraction of sp³-hybridized carbons (Fsp3) is 1.00. The predicted octanol–water partition coefficient (Wildman–Crippen LogP) is 3.05. The maximum Gasteiger partial charge on any atom is 0.0817 e. The summed E-state index contributed by atoms with van der Waals surface area (Å²) in [6.45, 7) is 12.8. The lowest BCUT2D eigenvalue weighted by molar-refractivity contribution is -0.918. The molecule has 0 unspecified atom stereocenters. The summed E-state index contributed by atoms with van der Waals surface area (Å²) in [5.41, 5.74) is 0. The van der Waals surface area contributed by atoms with Gasteiger partial charge < -0.3 is 4.48 Å². The zero-order valence-electron chi connectivity index (χ0n) is 9.68. The molecule has 0 spiro atoms. The third-order valence-corrected chi connectivity index (χ3v) is 3.63. The molecule has 1 nitrogen and oxygen atoms in total. The fourth-order valence-electron chi connectivity index (χ4n) is 2.99. The predicted molar refractivity (Wildman–Crippen MR) is 58.7 cm³/mol. The van der Waals surface area contributed by atoms with Crippen LogP contribution in [-0.4, -0.2) is 30.7 Å². The Hall–Kier alpha value is -0.0400. The first-order valence-corrected chi connectivity index (χ1v) is 6.11. The highest BCUT2D eigenvalue weighted by molar-refractivity contribution is 4.65. The molecule has 0 saturated carbocycles. The van der Waals surface area contributed by atoms with Crippen LogP contribution in [0.1, 0.15) is 46.5 Å². The fourth-order valence-corrected chi connectivity index (χ4v) is 2.99. The molecule has 1 aliphatic rings. The van der Waals surface area contributed by atoms with Crippen LogP contribution in [0.2, 0.25) is 0 Å². The van der Waals surface area contributed by atoms with Gasteiger partial charge in [0.25, 0.3) is 0 Å². The first-order chi connectivity index (χ1) is 6.26. The highest BCUT2D eigenvalue weighted by Gasteiger charge is 2.35. The van der Waals surface area contributed by atoms with Gasteiger partial charge in [0.15, 0.2) is 0 Å². The Kier molecular flexibility index (Phi) is 4.24. The molecule has 13 heavy (non-hydrogen) atoms. The van der Waals surface area contributed by atoms with Crippen molar-refractivity contribution in [3.05, 3.63) is 0 Å². The van der Waals surface area contributed by atoms with E-state index in [1.807, 2.05) is 0 Å². The Morgan fingerprint density at radius 2 is 1.69 bits per heavy atom. The topological polar surface area (TPSA) is 0 Å². The number of likely N-dealkylation sites (tertiary alicyclic amines) is 1. The molecule has 1 fully saturated rings. The number of hydrogen-bond donors (Lipinski definition) is 0. The summed E-state index contributed by atoms with van der Waals surface area (Å²) < 4.78 is 1.44. The summed E-state index contributed by atoms with van der Waals surface area (Å²) in [7, 11) is 0. The van der Waals surface area contributed by atoms with Crippen molar-refractivity contribution in [3.8, 4) is 0 Å². The van der Waals surface area contributed by atoms with E-state index < -0.39 is 0 Å². The van der Waals surface area contributed by atoms with Gasteiger partial charge in [-0.15, -0.1) is 0 Å². The van der Waals surface area contributed by atoms with Crippen molar-refractivity contribution in [1.29, 1.82) is 0 Å². The van der Waals surface area contributed by atoms with E-state index in [-0.39, 0.29) is 0 Å². The van der Waals surface area contributed by atoms with Crippen LogP contribution < -0.4 is 0 Å². The highest BCUT2D eigenvalue weighted by Crippen LogP contribution is 2.27. The van der Waals surface area contributed by atoms with Gasteiger partial charge >= 0.3 is 0 Å². The second kappa shape index (κ2) is 4.99. The van der Waals surface area contributed by atoms with Crippen molar-refractivity contribution in [2.75, 3.05) is 26.2 Å². The van der Waals surface area contributed by atoms with Gasteiger partial charge in [0.1, 0.15) is 0 Å². The zero-order chi connectivity index (χ0) is 9.73. The van der Waals surface area contributed by atoms with E-state index in [0.717, 1.165) is 5.92 Å². The van der Waals surface area contributed by atoms with E-state index >= 15 is 0 Å². The van der Waals surface area contributed by atoms with Gasteiger partial charge in [-0.1, -0.05) is 20.8 Å². The molecular weight excluding hydrogens is 158 g/mol. The Labute approximate surface area is 83.7 Å². The average Bonchev–Trinajstić information content (AvgIpc) is 2.50. The average molecular weight is 184 g/mol. The maximum absolute atomic E-state index is 2.35. The summed E-state index contributed by atoms with van der Waals surface area (Å²) >= 11 is 0. The lowest BCUT2D eigenvalue weighted by Crippen LogP contribution is -2.47. The Morgan fingerprint density at radius 1 is 1.08 bits per heavy atom. The van der Waals surface area contributed by atoms with Gasteiger partial charge in [-0.25, -0.2) is 0 Å². The maximum atomic E-state index is 2.35. The molecule has 0 aliphatic carbocycles. The van der Waals surface area contributed by atoms with Crippen LogP contribution in [0, 0.1) is 5.92 Å². The third-order valence-electron chi connectivity index (χ3n) is 3.63. The van der Waals surface area contributed by atoms with Crippen molar-refractivity contribution in [1.82, 2.24) is 0 Å². The SMILES string of the molecule is CCC[N+]1(CCC)CC[C@@H](CC)C1. The number of nitrogens with zero attached hydrogens (tertiary/aromatic N) is 1. The van der Waals surface area contributed by atoms with Crippen molar-refractivity contribution in [2.45, 2.75) is 46.5 Å². The first kappa shape index (κ1) is 11.0.